The fourth-order valence-corrected chi connectivity index (χ4v) is 4.08. The van der Waals surface area contributed by atoms with Crippen molar-refractivity contribution in [1.82, 2.24) is 10.3 Å². The molecule has 3 heterocycles. The summed E-state index contributed by atoms with van der Waals surface area (Å²) in [5.41, 5.74) is 2.74. The highest BCUT2D eigenvalue weighted by Gasteiger charge is 2.23. The van der Waals surface area contributed by atoms with Gasteiger partial charge in [0.25, 0.3) is 11.5 Å². The van der Waals surface area contributed by atoms with Gasteiger partial charge in [-0.05, 0) is 29.3 Å². The number of aromatic amines is 1. The molecule has 9 heteroatoms. The lowest BCUT2D eigenvalue weighted by molar-refractivity contribution is 0.0755. The first-order valence-electron chi connectivity index (χ1n) is 8.75. The van der Waals surface area contributed by atoms with Crippen molar-refractivity contribution < 1.29 is 9.63 Å². The number of rotatable bonds is 5. The molecule has 0 saturated heterocycles. The van der Waals surface area contributed by atoms with Crippen molar-refractivity contribution in [3.05, 3.63) is 78.8 Å². The Bertz CT molecular complexity index is 1140. The Morgan fingerprint density at radius 2 is 1.97 bits per heavy atom. The van der Waals surface area contributed by atoms with Crippen molar-refractivity contribution >= 4 is 46.2 Å². The average Bonchev–Trinajstić information content (AvgIpc) is 3.37. The van der Waals surface area contributed by atoms with Gasteiger partial charge in [-0.2, -0.15) is 0 Å². The third-order valence-corrected chi connectivity index (χ3v) is 5.87. The van der Waals surface area contributed by atoms with Crippen LogP contribution in [0.5, 0.6) is 0 Å². The molecule has 1 aromatic carbocycles. The largest absolute Gasteiger partial charge is 0.390 e. The van der Waals surface area contributed by atoms with Crippen LogP contribution in [0.25, 0.3) is 11.1 Å². The summed E-state index contributed by atoms with van der Waals surface area (Å²) in [6.45, 7) is 0.345. The van der Waals surface area contributed by atoms with Gasteiger partial charge in [0.05, 0.1) is 26.5 Å². The number of aromatic nitrogens is 1. The monoisotopic (exact) mass is 447 g/mol. The van der Waals surface area contributed by atoms with Crippen LogP contribution < -0.4 is 10.9 Å². The van der Waals surface area contributed by atoms with E-state index >= 15 is 0 Å². The van der Waals surface area contributed by atoms with Gasteiger partial charge in [-0.25, -0.2) is 0 Å². The quantitative estimate of drug-likeness (QED) is 0.610. The Balaban J connectivity index is 1.37. The highest BCUT2D eigenvalue weighted by Crippen LogP contribution is 2.23. The first kappa shape index (κ1) is 19.7. The number of carbonyl (C=O) groups is 1. The van der Waals surface area contributed by atoms with Gasteiger partial charge in [0, 0.05) is 18.2 Å². The minimum Gasteiger partial charge on any atom is -0.390 e. The van der Waals surface area contributed by atoms with E-state index in [-0.39, 0.29) is 17.6 Å². The second kappa shape index (κ2) is 8.41. The van der Waals surface area contributed by atoms with Crippen molar-refractivity contribution in [2.24, 2.45) is 5.16 Å². The van der Waals surface area contributed by atoms with E-state index in [1.165, 1.54) is 17.5 Å². The summed E-state index contributed by atoms with van der Waals surface area (Å²) < 4.78 is 0.570. The number of carbonyl (C=O) groups excluding carboxylic acids is 1. The van der Waals surface area contributed by atoms with Crippen molar-refractivity contribution in [1.29, 1.82) is 0 Å². The predicted octanol–water partition coefficient (Wildman–Crippen LogP) is 4.33. The zero-order valence-corrected chi connectivity index (χ0v) is 17.3. The molecule has 0 fully saturated rings. The van der Waals surface area contributed by atoms with Crippen LogP contribution >= 0.6 is 34.5 Å². The molecule has 1 amide bonds. The second-order valence-electron chi connectivity index (χ2n) is 6.42. The third kappa shape index (κ3) is 4.53. The summed E-state index contributed by atoms with van der Waals surface area (Å²) in [6.07, 6.45) is 1.79. The molecule has 4 rings (SSSR count). The van der Waals surface area contributed by atoms with Gasteiger partial charge >= 0.3 is 0 Å². The first-order valence-corrected chi connectivity index (χ1v) is 10.3. The number of hydrogen-bond acceptors (Lipinski definition) is 5. The molecule has 6 nitrogen and oxygen atoms in total. The number of nitrogens with one attached hydrogen (secondary N) is 2. The Morgan fingerprint density at radius 3 is 2.69 bits per heavy atom. The molecule has 0 aliphatic carbocycles. The van der Waals surface area contributed by atoms with Crippen LogP contribution in [0.15, 0.2) is 58.6 Å². The first-order chi connectivity index (χ1) is 14.0. The topological polar surface area (TPSA) is 83.5 Å². The Kier molecular flexibility index (Phi) is 5.71. The Morgan fingerprint density at radius 1 is 1.21 bits per heavy atom. The van der Waals surface area contributed by atoms with E-state index in [4.69, 9.17) is 28.0 Å². The van der Waals surface area contributed by atoms with E-state index in [2.05, 4.69) is 15.5 Å². The molecule has 1 unspecified atom stereocenters. The normalized spacial score (nSPS) is 15.7. The summed E-state index contributed by atoms with van der Waals surface area (Å²) in [5.74, 6) is -0.185. The highest BCUT2D eigenvalue weighted by molar-refractivity contribution is 7.18. The molecule has 0 saturated carbocycles. The SMILES string of the molecule is O=C(NCC1CC(c2ccc(-c3cc(Cl)c[nH]c3=O)cc2)=NO1)c1ccc(Cl)s1. The van der Waals surface area contributed by atoms with Crippen molar-refractivity contribution in [2.45, 2.75) is 12.5 Å². The maximum Gasteiger partial charge on any atom is 0.261 e. The summed E-state index contributed by atoms with van der Waals surface area (Å²) in [4.78, 5) is 32.7. The lowest BCUT2D eigenvalue weighted by Crippen LogP contribution is -2.31. The molecular weight excluding hydrogens is 433 g/mol. The summed E-state index contributed by atoms with van der Waals surface area (Å²) in [7, 11) is 0. The number of benzene rings is 1. The molecule has 1 aliphatic rings. The summed E-state index contributed by atoms with van der Waals surface area (Å²) in [5, 5.41) is 7.43. The molecular formula is C20H15Cl2N3O3S. The van der Waals surface area contributed by atoms with Crippen LogP contribution in [0, 0.1) is 0 Å². The van der Waals surface area contributed by atoms with E-state index in [0.29, 0.717) is 32.8 Å². The Hall–Kier alpha value is -2.61. The number of amides is 1. The maximum absolute atomic E-state index is 12.1. The predicted molar refractivity (Wildman–Crippen MR) is 115 cm³/mol. The van der Waals surface area contributed by atoms with Gasteiger partial charge in [-0.1, -0.05) is 52.6 Å². The van der Waals surface area contributed by atoms with E-state index in [0.717, 1.165) is 16.8 Å². The summed E-state index contributed by atoms with van der Waals surface area (Å²) in [6, 6.07) is 12.5. The Labute approximate surface area is 180 Å². The summed E-state index contributed by atoms with van der Waals surface area (Å²) >= 11 is 13.1. The lowest BCUT2D eigenvalue weighted by atomic mass is 10.0. The van der Waals surface area contributed by atoms with E-state index in [9.17, 15) is 9.59 Å². The molecule has 0 bridgehead atoms. The third-order valence-electron chi connectivity index (χ3n) is 4.42. The van der Waals surface area contributed by atoms with Crippen molar-refractivity contribution in [2.75, 3.05) is 6.54 Å². The molecule has 2 aromatic heterocycles. The van der Waals surface area contributed by atoms with E-state index in [1.807, 2.05) is 24.3 Å². The van der Waals surface area contributed by atoms with Crippen LogP contribution in [-0.4, -0.2) is 29.3 Å². The zero-order chi connectivity index (χ0) is 20.4. The van der Waals surface area contributed by atoms with Crippen molar-refractivity contribution in [3.63, 3.8) is 0 Å². The molecule has 0 spiro atoms. The van der Waals surface area contributed by atoms with Crippen LogP contribution in [0.2, 0.25) is 9.36 Å². The number of H-pyrrole nitrogens is 1. The molecule has 0 radical (unpaired) electrons. The van der Waals surface area contributed by atoms with Crippen LogP contribution in [0.1, 0.15) is 21.7 Å². The van der Waals surface area contributed by atoms with Crippen LogP contribution in [-0.2, 0) is 4.84 Å². The molecule has 3 aromatic rings. The molecule has 148 valence electrons. The fourth-order valence-electron chi connectivity index (χ4n) is 2.95. The minimum atomic E-state index is -0.236. The van der Waals surface area contributed by atoms with Gasteiger partial charge in [0.1, 0.15) is 6.10 Å². The zero-order valence-electron chi connectivity index (χ0n) is 14.9. The lowest BCUT2D eigenvalue weighted by Gasteiger charge is -2.09. The van der Waals surface area contributed by atoms with Gasteiger partial charge < -0.3 is 15.1 Å². The van der Waals surface area contributed by atoms with Crippen LogP contribution in [0.4, 0.5) is 0 Å². The number of halogens is 2. The smallest absolute Gasteiger partial charge is 0.261 e. The second-order valence-corrected chi connectivity index (χ2v) is 8.57. The average molecular weight is 448 g/mol. The van der Waals surface area contributed by atoms with Gasteiger partial charge in [0.2, 0.25) is 0 Å². The van der Waals surface area contributed by atoms with Crippen LogP contribution in [0.3, 0.4) is 0 Å². The fraction of sp³-hybridized carbons (Fsp3) is 0.150. The molecule has 1 aliphatic heterocycles. The number of oxime groups is 1. The van der Waals surface area contributed by atoms with Crippen molar-refractivity contribution in [3.8, 4) is 11.1 Å². The number of nitrogens with zero attached hydrogens (tertiary/aromatic N) is 1. The maximum atomic E-state index is 12.1. The molecule has 1 atom stereocenters. The van der Waals surface area contributed by atoms with Gasteiger partial charge in [0.15, 0.2) is 0 Å². The van der Waals surface area contributed by atoms with Gasteiger partial charge in [-0.3, -0.25) is 9.59 Å². The molecule has 29 heavy (non-hydrogen) atoms. The number of pyridine rings is 1. The van der Waals surface area contributed by atoms with E-state index < -0.39 is 0 Å². The standard InChI is InChI=1S/C20H15Cl2N3O3S/c21-13-7-15(19(26)23-9-13)11-1-3-12(4-2-11)16-8-14(28-25-16)10-24-20(27)17-5-6-18(22)29-17/h1-7,9,14H,8,10H2,(H,23,26)(H,24,27). The number of hydrogen-bond donors (Lipinski definition) is 2. The van der Waals surface area contributed by atoms with E-state index in [1.54, 1.807) is 18.2 Å². The molecule has 2 N–H and O–H groups in total. The van der Waals surface area contributed by atoms with Gasteiger partial charge in [-0.15, -0.1) is 11.3 Å². The highest BCUT2D eigenvalue weighted by atomic mass is 35.5. The minimum absolute atomic E-state index is 0.185. The number of thiophene rings is 1.